The van der Waals surface area contributed by atoms with Crippen LogP contribution in [0.4, 0.5) is 0 Å². The van der Waals surface area contributed by atoms with Crippen molar-refractivity contribution in [3.63, 3.8) is 0 Å². The van der Waals surface area contributed by atoms with Crippen molar-refractivity contribution in [3.05, 3.63) is 35.9 Å². The van der Waals surface area contributed by atoms with Gasteiger partial charge in [0.15, 0.2) is 0 Å². The van der Waals surface area contributed by atoms with Crippen molar-refractivity contribution in [2.24, 2.45) is 23.3 Å². The Hall–Kier alpha value is -1.19. The second-order valence-electron chi connectivity index (χ2n) is 7.41. The van der Waals surface area contributed by atoms with Crippen LogP contribution in [0.5, 0.6) is 0 Å². The predicted octanol–water partition coefficient (Wildman–Crippen LogP) is 5.07. The summed E-state index contributed by atoms with van der Waals surface area (Å²) in [5, 5.41) is 0. The van der Waals surface area contributed by atoms with Gasteiger partial charge < -0.3 is 16.3 Å². The Kier molecular flexibility index (Phi) is 15.5. The highest BCUT2D eigenvalue weighted by molar-refractivity contribution is 5.52. The number of hydrogen-bond acceptors (Lipinski definition) is 3. The molecule has 2 unspecified atom stereocenters. The van der Waals surface area contributed by atoms with Crippen LogP contribution < -0.4 is 11.5 Å². The zero-order valence-electron chi connectivity index (χ0n) is 16.6. The molecule has 0 aliphatic carbocycles. The predicted molar refractivity (Wildman–Crippen MR) is 109 cm³/mol. The lowest BCUT2D eigenvalue weighted by Gasteiger charge is -2.14. The lowest BCUT2D eigenvalue weighted by Crippen LogP contribution is -2.25. The van der Waals surface area contributed by atoms with E-state index >= 15 is 0 Å². The SMILES string of the molecule is CC(C=O)CCCCCCCCC(N)C(C)C.NCc1ccccc1. The van der Waals surface area contributed by atoms with Crippen LogP contribution in [-0.2, 0) is 11.3 Å². The molecule has 4 N–H and O–H groups in total. The molecule has 0 bridgehead atoms. The second kappa shape index (κ2) is 16.3. The van der Waals surface area contributed by atoms with Crippen molar-refractivity contribution in [2.45, 2.75) is 84.7 Å². The van der Waals surface area contributed by atoms with Gasteiger partial charge in [0.1, 0.15) is 6.29 Å². The van der Waals surface area contributed by atoms with E-state index in [1.807, 2.05) is 37.3 Å². The van der Waals surface area contributed by atoms with Crippen LogP contribution in [0, 0.1) is 11.8 Å². The quantitative estimate of drug-likeness (QED) is 0.409. The number of rotatable bonds is 12. The van der Waals surface area contributed by atoms with Crippen LogP contribution >= 0.6 is 0 Å². The molecule has 3 nitrogen and oxygen atoms in total. The average molecular weight is 349 g/mol. The number of aldehydes is 1. The molecule has 0 aliphatic rings. The first kappa shape index (κ1) is 23.8. The van der Waals surface area contributed by atoms with E-state index in [1.54, 1.807) is 0 Å². The van der Waals surface area contributed by atoms with Crippen molar-refractivity contribution in [1.82, 2.24) is 0 Å². The lowest BCUT2D eigenvalue weighted by atomic mass is 9.98. The minimum Gasteiger partial charge on any atom is -0.327 e. The summed E-state index contributed by atoms with van der Waals surface area (Å²) in [6.45, 7) is 7.03. The van der Waals surface area contributed by atoms with Gasteiger partial charge in [-0.05, 0) is 24.3 Å². The molecule has 0 radical (unpaired) electrons. The third-order valence-corrected chi connectivity index (χ3v) is 4.61. The van der Waals surface area contributed by atoms with Gasteiger partial charge in [-0.3, -0.25) is 0 Å². The minimum atomic E-state index is 0.249. The van der Waals surface area contributed by atoms with E-state index in [-0.39, 0.29) is 5.92 Å². The van der Waals surface area contributed by atoms with Gasteiger partial charge in [-0.1, -0.05) is 89.6 Å². The fraction of sp³-hybridized carbons (Fsp3) is 0.682. The fourth-order valence-corrected chi connectivity index (χ4v) is 2.57. The molecule has 144 valence electrons. The Balaban J connectivity index is 0.000000593. The van der Waals surface area contributed by atoms with Gasteiger partial charge in [0.25, 0.3) is 0 Å². The van der Waals surface area contributed by atoms with Gasteiger partial charge in [-0.25, -0.2) is 0 Å². The number of benzene rings is 1. The van der Waals surface area contributed by atoms with E-state index in [2.05, 4.69) is 13.8 Å². The highest BCUT2D eigenvalue weighted by atomic mass is 16.1. The van der Waals surface area contributed by atoms with Crippen molar-refractivity contribution in [1.29, 1.82) is 0 Å². The molecular weight excluding hydrogens is 308 g/mol. The molecule has 1 rings (SSSR count). The smallest absolute Gasteiger partial charge is 0.122 e. The summed E-state index contributed by atoms with van der Waals surface area (Å²) in [6.07, 6.45) is 11.0. The standard InChI is InChI=1S/C15H31NO.C7H9N/c1-13(2)15(16)11-9-7-5-4-6-8-10-14(3)12-17;8-6-7-4-2-1-3-5-7/h12-15H,4-11,16H2,1-3H3;1-5H,6,8H2. The van der Waals surface area contributed by atoms with E-state index in [1.165, 1.54) is 50.5 Å². The fourth-order valence-electron chi connectivity index (χ4n) is 2.57. The van der Waals surface area contributed by atoms with Crippen molar-refractivity contribution >= 4 is 6.29 Å². The Bertz CT molecular complexity index is 406. The number of carbonyl (C=O) groups excluding carboxylic acids is 1. The van der Waals surface area contributed by atoms with Crippen LogP contribution in [-0.4, -0.2) is 12.3 Å². The summed E-state index contributed by atoms with van der Waals surface area (Å²) in [6, 6.07) is 10.4. The summed E-state index contributed by atoms with van der Waals surface area (Å²) >= 11 is 0. The molecule has 1 aromatic carbocycles. The largest absolute Gasteiger partial charge is 0.327 e. The molecule has 0 heterocycles. The van der Waals surface area contributed by atoms with Gasteiger partial charge in [0.2, 0.25) is 0 Å². The Morgan fingerprint density at radius 2 is 1.40 bits per heavy atom. The van der Waals surface area contributed by atoms with Gasteiger partial charge in [-0.15, -0.1) is 0 Å². The van der Waals surface area contributed by atoms with Crippen LogP contribution in [0.2, 0.25) is 0 Å². The highest BCUT2D eigenvalue weighted by Crippen LogP contribution is 2.13. The Labute approximate surface area is 155 Å². The van der Waals surface area contributed by atoms with Crippen LogP contribution in [0.15, 0.2) is 30.3 Å². The lowest BCUT2D eigenvalue weighted by molar-refractivity contribution is -0.110. The van der Waals surface area contributed by atoms with E-state index in [4.69, 9.17) is 11.5 Å². The maximum Gasteiger partial charge on any atom is 0.122 e. The van der Waals surface area contributed by atoms with Crippen LogP contribution in [0.3, 0.4) is 0 Å². The van der Waals surface area contributed by atoms with Gasteiger partial charge in [-0.2, -0.15) is 0 Å². The first-order valence-electron chi connectivity index (χ1n) is 9.96. The second-order valence-corrected chi connectivity index (χ2v) is 7.41. The number of unbranched alkanes of at least 4 members (excludes halogenated alkanes) is 5. The summed E-state index contributed by atoms with van der Waals surface area (Å²) < 4.78 is 0. The molecule has 0 aliphatic heterocycles. The zero-order valence-corrected chi connectivity index (χ0v) is 16.6. The maximum absolute atomic E-state index is 10.4. The maximum atomic E-state index is 10.4. The minimum absolute atomic E-state index is 0.249. The summed E-state index contributed by atoms with van der Waals surface area (Å²) in [4.78, 5) is 10.4. The molecule has 25 heavy (non-hydrogen) atoms. The van der Waals surface area contributed by atoms with E-state index in [0.717, 1.165) is 12.7 Å². The topological polar surface area (TPSA) is 69.1 Å². The zero-order chi connectivity index (χ0) is 18.9. The van der Waals surface area contributed by atoms with E-state index in [0.29, 0.717) is 18.5 Å². The number of hydrogen-bond donors (Lipinski definition) is 2. The van der Waals surface area contributed by atoms with Crippen molar-refractivity contribution < 1.29 is 4.79 Å². The van der Waals surface area contributed by atoms with Crippen molar-refractivity contribution in [3.8, 4) is 0 Å². The molecule has 1 aromatic rings. The summed E-state index contributed by atoms with van der Waals surface area (Å²) in [5.41, 5.74) is 12.5. The molecule has 0 amide bonds. The molecule has 0 saturated heterocycles. The van der Waals surface area contributed by atoms with E-state index in [9.17, 15) is 4.79 Å². The van der Waals surface area contributed by atoms with Crippen LogP contribution in [0.25, 0.3) is 0 Å². The third-order valence-electron chi connectivity index (χ3n) is 4.61. The molecule has 3 heteroatoms. The van der Waals surface area contributed by atoms with E-state index < -0.39 is 0 Å². The molecular formula is C22H40N2O. The Morgan fingerprint density at radius 3 is 1.84 bits per heavy atom. The van der Waals surface area contributed by atoms with Gasteiger partial charge >= 0.3 is 0 Å². The van der Waals surface area contributed by atoms with Gasteiger partial charge in [0, 0.05) is 18.5 Å². The highest BCUT2D eigenvalue weighted by Gasteiger charge is 2.06. The molecule has 0 fully saturated rings. The number of carbonyl (C=O) groups is 1. The average Bonchev–Trinajstić information content (AvgIpc) is 2.64. The first-order valence-corrected chi connectivity index (χ1v) is 9.96. The molecule has 0 saturated carbocycles. The number of nitrogens with two attached hydrogens (primary N) is 2. The monoisotopic (exact) mass is 348 g/mol. The Morgan fingerprint density at radius 1 is 0.880 bits per heavy atom. The van der Waals surface area contributed by atoms with Crippen LogP contribution in [0.1, 0.15) is 77.7 Å². The molecule has 0 aromatic heterocycles. The normalized spacial score (nSPS) is 13.0. The summed E-state index contributed by atoms with van der Waals surface area (Å²) in [5.74, 6) is 0.860. The first-order chi connectivity index (χ1) is 12.0. The molecule has 0 spiro atoms. The van der Waals surface area contributed by atoms with Gasteiger partial charge in [0.05, 0.1) is 0 Å². The summed E-state index contributed by atoms with van der Waals surface area (Å²) in [7, 11) is 0. The molecule has 2 atom stereocenters. The van der Waals surface area contributed by atoms with Crippen molar-refractivity contribution in [2.75, 3.05) is 0 Å². The third kappa shape index (κ3) is 14.8.